The lowest BCUT2D eigenvalue weighted by molar-refractivity contribution is 0.551. The van der Waals surface area contributed by atoms with Gasteiger partial charge in [-0.05, 0) is 12.5 Å². The maximum absolute atomic E-state index is 11.3. The minimum atomic E-state index is -0.655. The number of rotatable bonds is 5. The average Bonchev–Trinajstić information content (AvgIpc) is 2.40. The molecule has 1 aromatic rings. The standard InChI is InChI=1S/C13H22N4OS/c1-11(2)7-14-8-12-9-15-13(16-10-12)17-3-5-19(18)6-4-17/h9-11,14H,3-8H2,1-2H3. The van der Waals surface area contributed by atoms with Gasteiger partial charge in [-0.25, -0.2) is 9.97 Å². The Labute approximate surface area is 117 Å². The Kier molecular flexibility index (Phi) is 5.27. The number of nitrogens with one attached hydrogen (secondary N) is 1. The van der Waals surface area contributed by atoms with Gasteiger partial charge in [-0.3, -0.25) is 4.21 Å². The van der Waals surface area contributed by atoms with Crippen molar-refractivity contribution in [2.75, 3.05) is 36.0 Å². The van der Waals surface area contributed by atoms with Crippen LogP contribution in [0.2, 0.25) is 0 Å². The lowest BCUT2D eigenvalue weighted by Gasteiger charge is -2.26. The first kappa shape index (κ1) is 14.4. The van der Waals surface area contributed by atoms with Crippen molar-refractivity contribution in [1.29, 1.82) is 0 Å². The second-order valence-corrected chi connectivity index (χ2v) is 6.95. The summed E-state index contributed by atoms with van der Waals surface area (Å²) in [4.78, 5) is 10.9. The van der Waals surface area contributed by atoms with E-state index in [9.17, 15) is 4.21 Å². The van der Waals surface area contributed by atoms with E-state index in [1.807, 2.05) is 12.4 Å². The predicted molar refractivity (Wildman–Crippen MR) is 78.7 cm³/mol. The molecule has 5 nitrogen and oxygen atoms in total. The van der Waals surface area contributed by atoms with E-state index in [0.29, 0.717) is 5.92 Å². The lowest BCUT2D eigenvalue weighted by Crippen LogP contribution is -2.38. The summed E-state index contributed by atoms with van der Waals surface area (Å²) in [5, 5.41) is 3.37. The van der Waals surface area contributed by atoms with E-state index in [0.717, 1.165) is 49.2 Å². The first-order valence-electron chi connectivity index (χ1n) is 6.76. The van der Waals surface area contributed by atoms with Gasteiger partial charge in [0.15, 0.2) is 0 Å². The Balaban J connectivity index is 1.85. The Bertz CT molecular complexity index is 411. The van der Waals surface area contributed by atoms with Crippen molar-refractivity contribution in [3.05, 3.63) is 18.0 Å². The molecule has 0 bridgehead atoms. The van der Waals surface area contributed by atoms with Gasteiger partial charge in [0.1, 0.15) is 0 Å². The summed E-state index contributed by atoms with van der Waals surface area (Å²) in [6.07, 6.45) is 3.75. The van der Waals surface area contributed by atoms with Crippen LogP contribution in [0.1, 0.15) is 19.4 Å². The van der Waals surface area contributed by atoms with Crippen LogP contribution in [0.15, 0.2) is 12.4 Å². The highest BCUT2D eigenvalue weighted by atomic mass is 32.2. The van der Waals surface area contributed by atoms with Gasteiger partial charge >= 0.3 is 0 Å². The molecule has 106 valence electrons. The largest absolute Gasteiger partial charge is 0.339 e. The molecule has 1 fully saturated rings. The summed E-state index contributed by atoms with van der Waals surface area (Å²) in [6, 6.07) is 0. The second-order valence-electron chi connectivity index (χ2n) is 5.25. The summed E-state index contributed by atoms with van der Waals surface area (Å²) in [5.41, 5.74) is 1.10. The van der Waals surface area contributed by atoms with Crippen LogP contribution in [0.4, 0.5) is 5.95 Å². The van der Waals surface area contributed by atoms with E-state index in [1.54, 1.807) is 0 Å². The molecule has 1 aliphatic rings. The maximum Gasteiger partial charge on any atom is 0.225 e. The van der Waals surface area contributed by atoms with Gasteiger partial charge < -0.3 is 10.2 Å². The van der Waals surface area contributed by atoms with Crippen LogP contribution in [0.3, 0.4) is 0 Å². The number of aromatic nitrogens is 2. The van der Waals surface area contributed by atoms with E-state index >= 15 is 0 Å². The van der Waals surface area contributed by atoms with Crippen molar-refractivity contribution in [2.24, 2.45) is 5.92 Å². The molecular formula is C13H22N4OS. The highest BCUT2D eigenvalue weighted by molar-refractivity contribution is 7.85. The third-order valence-corrected chi connectivity index (χ3v) is 4.31. The second kappa shape index (κ2) is 6.96. The molecule has 19 heavy (non-hydrogen) atoms. The van der Waals surface area contributed by atoms with Crippen LogP contribution >= 0.6 is 0 Å². The number of nitrogens with zero attached hydrogens (tertiary/aromatic N) is 3. The molecule has 1 aliphatic heterocycles. The van der Waals surface area contributed by atoms with E-state index in [1.165, 1.54) is 0 Å². The molecule has 0 atom stereocenters. The summed E-state index contributed by atoms with van der Waals surface area (Å²) in [7, 11) is -0.655. The lowest BCUT2D eigenvalue weighted by atomic mass is 10.2. The van der Waals surface area contributed by atoms with Crippen molar-refractivity contribution in [2.45, 2.75) is 20.4 Å². The molecule has 6 heteroatoms. The van der Waals surface area contributed by atoms with E-state index in [2.05, 4.69) is 34.0 Å². The minimum absolute atomic E-state index is 0.648. The number of hydrogen-bond donors (Lipinski definition) is 1. The molecule has 1 aromatic heterocycles. The predicted octanol–water partition coefficient (Wildman–Crippen LogP) is 0.791. The van der Waals surface area contributed by atoms with Crippen LogP contribution in [0.25, 0.3) is 0 Å². The molecule has 1 saturated heterocycles. The summed E-state index contributed by atoms with van der Waals surface area (Å²) < 4.78 is 11.3. The molecule has 0 saturated carbocycles. The van der Waals surface area contributed by atoms with Gasteiger partial charge in [0.25, 0.3) is 0 Å². The van der Waals surface area contributed by atoms with Gasteiger partial charge in [-0.15, -0.1) is 0 Å². The molecule has 1 N–H and O–H groups in total. The van der Waals surface area contributed by atoms with E-state index in [4.69, 9.17) is 0 Å². The van der Waals surface area contributed by atoms with Gasteiger partial charge in [0.05, 0.1) is 0 Å². The third kappa shape index (κ3) is 4.54. The topological polar surface area (TPSA) is 58.1 Å². The smallest absolute Gasteiger partial charge is 0.225 e. The Morgan fingerprint density at radius 2 is 1.95 bits per heavy atom. The highest BCUT2D eigenvalue weighted by Crippen LogP contribution is 2.10. The third-order valence-electron chi connectivity index (χ3n) is 3.03. The fraction of sp³-hybridized carbons (Fsp3) is 0.692. The first-order chi connectivity index (χ1) is 9.15. The van der Waals surface area contributed by atoms with E-state index < -0.39 is 10.8 Å². The molecule has 0 spiro atoms. The van der Waals surface area contributed by atoms with Crippen molar-refractivity contribution in [3.63, 3.8) is 0 Å². The maximum atomic E-state index is 11.3. The first-order valence-corrected chi connectivity index (χ1v) is 8.25. The quantitative estimate of drug-likeness (QED) is 0.865. The fourth-order valence-electron chi connectivity index (χ4n) is 1.95. The number of hydrogen-bond acceptors (Lipinski definition) is 5. The minimum Gasteiger partial charge on any atom is -0.339 e. The molecule has 0 aliphatic carbocycles. The van der Waals surface area contributed by atoms with Crippen molar-refractivity contribution in [3.8, 4) is 0 Å². The zero-order valence-electron chi connectivity index (χ0n) is 11.6. The van der Waals surface area contributed by atoms with Gasteiger partial charge in [-0.1, -0.05) is 13.8 Å². The summed E-state index contributed by atoms with van der Waals surface area (Å²) in [6.45, 7) is 7.76. The molecule has 0 radical (unpaired) electrons. The fourth-order valence-corrected chi connectivity index (χ4v) is 3.00. The summed E-state index contributed by atoms with van der Waals surface area (Å²) >= 11 is 0. The molecule has 2 rings (SSSR count). The SMILES string of the molecule is CC(C)CNCc1cnc(N2CCS(=O)CC2)nc1. The Morgan fingerprint density at radius 1 is 1.32 bits per heavy atom. The normalized spacial score (nSPS) is 17.1. The van der Waals surface area contributed by atoms with Gasteiger partial charge in [0.2, 0.25) is 5.95 Å². The molecular weight excluding hydrogens is 260 g/mol. The van der Waals surface area contributed by atoms with Crippen molar-refractivity contribution in [1.82, 2.24) is 15.3 Å². The molecule has 2 heterocycles. The van der Waals surface area contributed by atoms with Crippen LogP contribution in [0, 0.1) is 5.92 Å². The van der Waals surface area contributed by atoms with Crippen LogP contribution in [0.5, 0.6) is 0 Å². The van der Waals surface area contributed by atoms with E-state index in [-0.39, 0.29) is 0 Å². The number of anilines is 1. The highest BCUT2D eigenvalue weighted by Gasteiger charge is 2.17. The van der Waals surface area contributed by atoms with Gasteiger partial charge in [0, 0.05) is 59.9 Å². The van der Waals surface area contributed by atoms with Gasteiger partial charge in [-0.2, -0.15) is 0 Å². The zero-order chi connectivity index (χ0) is 13.7. The Morgan fingerprint density at radius 3 is 2.53 bits per heavy atom. The van der Waals surface area contributed by atoms with Crippen molar-refractivity contribution < 1.29 is 4.21 Å². The van der Waals surface area contributed by atoms with Crippen LogP contribution in [-0.2, 0) is 17.3 Å². The van der Waals surface area contributed by atoms with Crippen molar-refractivity contribution >= 4 is 16.7 Å². The summed E-state index contributed by atoms with van der Waals surface area (Å²) in [5.74, 6) is 2.85. The van der Waals surface area contributed by atoms with Crippen LogP contribution < -0.4 is 10.2 Å². The van der Waals surface area contributed by atoms with Crippen LogP contribution in [-0.4, -0.2) is 45.3 Å². The molecule has 0 amide bonds. The monoisotopic (exact) mass is 282 g/mol. The molecule has 0 aromatic carbocycles. The average molecular weight is 282 g/mol. The Hall–Kier alpha value is -1.01. The zero-order valence-corrected chi connectivity index (χ0v) is 12.4. The molecule has 0 unspecified atom stereocenters.